The van der Waals surface area contributed by atoms with Crippen LogP contribution in [0.4, 0.5) is 0 Å². The normalized spacial score (nSPS) is 14.6. The molecule has 102 valence electrons. The first-order valence-electron chi connectivity index (χ1n) is 6.78. The van der Waals surface area contributed by atoms with Crippen LogP contribution >= 0.6 is 0 Å². The van der Waals surface area contributed by atoms with Gasteiger partial charge in [-0.2, -0.15) is 0 Å². The Morgan fingerprint density at radius 1 is 1.06 bits per heavy atom. The van der Waals surface area contributed by atoms with Gasteiger partial charge in [0.1, 0.15) is 0 Å². The number of ether oxygens (including phenoxy) is 1. The standard InChI is InChI=1S/C16H27NO/c1-11-9-13(3)16(10-12(11)2)15(5)17-14(4)7-8-18-6/h9-10,14-15,17H,7-8H2,1-6H3. The molecule has 0 aliphatic carbocycles. The lowest BCUT2D eigenvalue weighted by Gasteiger charge is -2.22. The summed E-state index contributed by atoms with van der Waals surface area (Å²) in [6.07, 6.45) is 1.05. The molecule has 2 nitrogen and oxygen atoms in total. The molecular weight excluding hydrogens is 222 g/mol. The fourth-order valence-electron chi connectivity index (χ4n) is 2.34. The predicted octanol–water partition coefficient (Wildman–Crippen LogP) is 3.69. The monoisotopic (exact) mass is 249 g/mol. The SMILES string of the molecule is COCCC(C)NC(C)c1cc(C)c(C)cc1C. The van der Waals surface area contributed by atoms with Crippen LogP contribution < -0.4 is 5.32 Å². The number of benzene rings is 1. The zero-order valence-electron chi connectivity index (χ0n) is 12.6. The van der Waals surface area contributed by atoms with Gasteiger partial charge < -0.3 is 10.1 Å². The lowest BCUT2D eigenvalue weighted by molar-refractivity contribution is 0.183. The highest BCUT2D eigenvalue weighted by Crippen LogP contribution is 2.22. The first kappa shape index (κ1) is 15.2. The van der Waals surface area contributed by atoms with Gasteiger partial charge in [-0.1, -0.05) is 12.1 Å². The number of rotatable bonds is 6. The summed E-state index contributed by atoms with van der Waals surface area (Å²) in [5.41, 5.74) is 5.52. The van der Waals surface area contributed by atoms with Gasteiger partial charge in [-0.15, -0.1) is 0 Å². The Labute approximate surface area is 112 Å². The van der Waals surface area contributed by atoms with Gasteiger partial charge in [0.05, 0.1) is 0 Å². The number of nitrogens with one attached hydrogen (secondary N) is 1. The summed E-state index contributed by atoms with van der Waals surface area (Å²) in [5.74, 6) is 0. The molecule has 0 aliphatic heterocycles. The fraction of sp³-hybridized carbons (Fsp3) is 0.625. The van der Waals surface area contributed by atoms with Crippen molar-refractivity contribution >= 4 is 0 Å². The first-order valence-corrected chi connectivity index (χ1v) is 6.78. The molecule has 0 heterocycles. The number of aryl methyl sites for hydroxylation is 3. The molecule has 0 bridgehead atoms. The Morgan fingerprint density at radius 2 is 1.67 bits per heavy atom. The van der Waals surface area contributed by atoms with Crippen LogP contribution in [0, 0.1) is 20.8 Å². The Balaban J connectivity index is 2.72. The molecule has 18 heavy (non-hydrogen) atoms. The van der Waals surface area contributed by atoms with E-state index in [0.717, 1.165) is 13.0 Å². The van der Waals surface area contributed by atoms with Crippen molar-refractivity contribution in [3.05, 3.63) is 34.4 Å². The zero-order valence-corrected chi connectivity index (χ0v) is 12.6. The van der Waals surface area contributed by atoms with E-state index in [9.17, 15) is 0 Å². The maximum absolute atomic E-state index is 5.12. The molecule has 0 spiro atoms. The molecule has 2 heteroatoms. The lowest BCUT2D eigenvalue weighted by atomic mass is 9.96. The molecule has 0 saturated carbocycles. The van der Waals surface area contributed by atoms with E-state index < -0.39 is 0 Å². The van der Waals surface area contributed by atoms with Crippen molar-refractivity contribution in [1.82, 2.24) is 5.32 Å². The molecule has 0 radical (unpaired) electrons. The van der Waals surface area contributed by atoms with Crippen LogP contribution in [0.25, 0.3) is 0 Å². The molecule has 1 rings (SSSR count). The molecule has 1 aromatic carbocycles. The van der Waals surface area contributed by atoms with E-state index in [0.29, 0.717) is 12.1 Å². The third kappa shape index (κ3) is 4.11. The maximum Gasteiger partial charge on any atom is 0.0476 e. The smallest absolute Gasteiger partial charge is 0.0476 e. The van der Waals surface area contributed by atoms with E-state index in [2.05, 4.69) is 52.1 Å². The van der Waals surface area contributed by atoms with Gasteiger partial charge in [-0.25, -0.2) is 0 Å². The lowest BCUT2D eigenvalue weighted by Crippen LogP contribution is -2.30. The molecule has 0 saturated heterocycles. The number of hydrogen-bond donors (Lipinski definition) is 1. The Bertz CT molecular complexity index is 387. The van der Waals surface area contributed by atoms with Gasteiger partial charge in [0.15, 0.2) is 0 Å². The van der Waals surface area contributed by atoms with E-state index in [1.807, 2.05) is 0 Å². The van der Waals surface area contributed by atoms with Crippen LogP contribution in [0.1, 0.15) is 48.6 Å². The molecule has 1 aromatic rings. The summed E-state index contributed by atoms with van der Waals surface area (Å²) in [6, 6.07) is 5.45. The van der Waals surface area contributed by atoms with Crippen molar-refractivity contribution < 1.29 is 4.74 Å². The van der Waals surface area contributed by atoms with Gasteiger partial charge in [0, 0.05) is 25.8 Å². The highest BCUT2D eigenvalue weighted by Gasteiger charge is 2.12. The van der Waals surface area contributed by atoms with Crippen molar-refractivity contribution in [3.63, 3.8) is 0 Å². The third-order valence-corrected chi connectivity index (χ3v) is 3.64. The van der Waals surface area contributed by atoms with E-state index in [1.54, 1.807) is 7.11 Å². The second-order valence-electron chi connectivity index (χ2n) is 5.36. The van der Waals surface area contributed by atoms with Gasteiger partial charge >= 0.3 is 0 Å². The summed E-state index contributed by atoms with van der Waals surface area (Å²) >= 11 is 0. The van der Waals surface area contributed by atoms with Crippen LogP contribution in [0.5, 0.6) is 0 Å². The quantitative estimate of drug-likeness (QED) is 0.830. The predicted molar refractivity (Wildman–Crippen MR) is 78.2 cm³/mol. The van der Waals surface area contributed by atoms with E-state index in [1.165, 1.54) is 22.3 Å². The topological polar surface area (TPSA) is 21.3 Å². The van der Waals surface area contributed by atoms with E-state index in [4.69, 9.17) is 4.74 Å². The molecule has 0 amide bonds. The Hall–Kier alpha value is -0.860. The van der Waals surface area contributed by atoms with E-state index >= 15 is 0 Å². The molecular formula is C16H27NO. The highest BCUT2D eigenvalue weighted by molar-refractivity contribution is 5.38. The summed E-state index contributed by atoms with van der Waals surface area (Å²) < 4.78 is 5.12. The van der Waals surface area contributed by atoms with Crippen molar-refractivity contribution in [2.75, 3.05) is 13.7 Å². The fourth-order valence-corrected chi connectivity index (χ4v) is 2.34. The Kier molecular flexibility index (Phi) is 5.83. The second-order valence-corrected chi connectivity index (χ2v) is 5.36. The largest absolute Gasteiger partial charge is 0.385 e. The zero-order chi connectivity index (χ0) is 13.7. The molecule has 2 atom stereocenters. The van der Waals surface area contributed by atoms with Crippen molar-refractivity contribution in [2.24, 2.45) is 0 Å². The minimum absolute atomic E-state index is 0.385. The third-order valence-electron chi connectivity index (χ3n) is 3.64. The van der Waals surface area contributed by atoms with Crippen LogP contribution in [0.2, 0.25) is 0 Å². The van der Waals surface area contributed by atoms with Crippen LogP contribution in [0.3, 0.4) is 0 Å². The summed E-state index contributed by atoms with van der Waals surface area (Å²) in [5, 5.41) is 3.64. The van der Waals surface area contributed by atoms with Gasteiger partial charge in [-0.3, -0.25) is 0 Å². The van der Waals surface area contributed by atoms with Gasteiger partial charge in [-0.05, 0) is 63.3 Å². The van der Waals surface area contributed by atoms with E-state index in [-0.39, 0.29) is 0 Å². The minimum atomic E-state index is 0.385. The molecule has 0 aliphatic rings. The van der Waals surface area contributed by atoms with Crippen molar-refractivity contribution in [2.45, 2.75) is 53.1 Å². The van der Waals surface area contributed by atoms with Crippen LogP contribution in [0.15, 0.2) is 12.1 Å². The van der Waals surface area contributed by atoms with Crippen LogP contribution in [-0.2, 0) is 4.74 Å². The van der Waals surface area contributed by atoms with Crippen LogP contribution in [-0.4, -0.2) is 19.8 Å². The van der Waals surface area contributed by atoms with Crippen molar-refractivity contribution in [3.8, 4) is 0 Å². The minimum Gasteiger partial charge on any atom is -0.385 e. The molecule has 0 fully saturated rings. The molecule has 0 aromatic heterocycles. The maximum atomic E-state index is 5.12. The average Bonchev–Trinajstić information content (AvgIpc) is 2.31. The molecule has 1 N–H and O–H groups in total. The number of methoxy groups -OCH3 is 1. The first-order chi connectivity index (χ1) is 8.45. The Morgan fingerprint density at radius 3 is 2.28 bits per heavy atom. The summed E-state index contributed by atoms with van der Waals surface area (Å²) in [6.45, 7) is 11.8. The number of hydrogen-bond acceptors (Lipinski definition) is 2. The van der Waals surface area contributed by atoms with Crippen molar-refractivity contribution in [1.29, 1.82) is 0 Å². The summed E-state index contributed by atoms with van der Waals surface area (Å²) in [4.78, 5) is 0. The summed E-state index contributed by atoms with van der Waals surface area (Å²) in [7, 11) is 1.75. The van der Waals surface area contributed by atoms with Gasteiger partial charge in [0.2, 0.25) is 0 Å². The van der Waals surface area contributed by atoms with Gasteiger partial charge in [0.25, 0.3) is 0 Å². The molecule has 2 unspecified atom stereocenters. The highest BCUT2D eigenvalue weighted by atomic mass is 16.5. The second kappa shape index (κ2) is 6.91. The average molecular weight is 249 g/mol.